The molecular weight excluding hydrogens is 612 g/mol. The molecule has 0 aromatic heterocycles. The molecule has 1 spiro atoms. The number of anilines is 1. The number of urea groups is 1. The number of carbonyl (C=O) groups excluding carboxylic acids is 2. The van der Waals surface area contributed by atoms with Crippen molar-refractivity contribution >= 4 is 39.1 Å². The summed E-state index contributed by atoms with van der Waals surface area (Å²) in [6, 6.07) is 10.9. The molecule has 2 aromatic carbocycles. The first-order valence-corrected chi connectivity index (χ1v) is 18.0. The molecule has 6 rings (SSSR count). The van der Waals surface area contributed by atoms with Crippen molar-refractivity contribution in [3.63, 3.8) is 0 Å². The zero-order valence-corrected chi connectivity index (χ0v) is 27.8. The summed E-state index contributed by atoms with van der Waals surface area (Å²) in [6.07, 6.45) is 9.95. The van der Waals surface area contributed by atoms with Gasteiger partial charge < -0.3 is 19.7 Å². The topological polar surface area (TPSA) is 109 Å². The molecule has 0 unspecified atom stereocenters. The first-order valence-electron chi connectivity index (χ1n) is 15.9. The summed E-state index contributed by atoms with van der Waals surface area (Å²) in [6.45, 7) is 3.98. The largest absolute Gasteiger partial charge is 0.490 e. The third-order valence-electron chi connectivity index (χ3n) is 9.99. The van der Waals surface area contributed by atoms with Crippen LogP contribution < -0.4 is 19.7 Å². The third-order valence-corrected chi connectivity index (χ3v) is 12.2. The van der Waals surface area contributed by atoms with Gasteiger partial charge in [-0.1, -0.05) is 36.7 Å². The van der Waals surface area contributed by atoms with Gasteiger partial charge in [-0.25, -0.2) is 9.00 Å². The van der Waals surface area contributed by atoms with Crippen LogP contribution in [0.3, 0.4) is 0 Å². The summed E-state index contributed by atoms with van der Waals surface area (Å²) < 4.78 is 33.2. The monoisotopic (exact) mass is 654 g/mol. The summed E-state index contributed by atoms with van der Waals surface area (Å²) in [7, 11) is -0.213. The molecule has 2 heterocycles. The van der Waals surface area contributed by atoms with Crippen molar-refractivity contribution in [2.45, 2.75) is 57.0 Å². The number of nitrogens with zero attached hydrogens (tertiary/aromatic N) is 2. The second-order valence-electron chi connectivity index (χ2n) is 13.1. The smallest absolute Gasteiger partial charge is 0.326 e. The van der Waals surface area contributed by atoms with Crippen molar-refractivity contribution in [2.75, 3.05) is 44.5 Å². The molecule has 6 atom stereocenters. The van der Waals surface area contributed by atoms with Crippen LogP contribution in [0.1, 0.15) is 60.5 Å². The molecule has 2 aromatic rings. The lowest BCUT2D eigenvalue weighted by Gasteiger charge is -2.46. The maximum absolute atomic E-state index is 14.0. The fraction of sp³-hybridized carbons (Fsp3) is 0.529. The highest BCUT2D eigenvalue weighted by Gasteiger charge is 2.44. The van der Waals surface area contributed by atoms with Gasteiger partial charge in [0.05, 0.1) is 24.2 Å². The summed E-state index contributed by atoms with van der Waals surface area (Å²) in [4.78, 5) is 28.3. The van der Waals surface area contributed by atoms with Gasteiger partial charge in [-0.15, -0.1) is 4.36 Å². The molecule has 45 heavy (non-hydrogen) atoms. The minimum Gasteiger partial charge on any atom is -0.490 e. The highest BCUT2D eigenvalue weighted by molar-refractivity contribution is 7.92. The Morgan fingerprint density at radius 1 is 1.22 bits per heavy atom. The highest BCUT2D eigenvalue weighted by atomic mass is 35.5. The van der Waals surface area contributed by atoms with Gasteiger partial charge in [-0.2, -0.15) is 0 Å². The number of hydrogen-bond donors (Lipinski definition) is 2. The molecular formula is C34H43ClN4O5S. The zero-order valence-electron chi connectivity index (χ0n) is 26.2. The molecule has 2 N–H and O–H groups in total. The number of aryl methyl sites for hydroxylation is 1. The number of allylic oxidation sites excluding steroid dienone is 1. The fourth-order valence-corrected chi connectivity index (χ4v) is 9.63. The number of hydrogen-bond acceptors (Lipinski definition) is 6. The number of ether oxygens (including phenoxy) is 2. The molecule has 9 nitrogen and oxygen atoms in total. The Morgan fingerprint density at radius 2 is 2.07 bits per heavy atom. The Balaban J connectivity index is 1.45. The second-order valence-corrected chi connectivity index (χ2v) is 15.6. The number of halogens is 1. The summed E-state index contributed by atoms with van der Waals surface area (Å²) in [5.41, 5.74) is 3.44. The summed E-state index contributed by atoms with van der Waals surface area (Å²) in [5, 5.41) is 3.18. The molecule has 4 aliphatic rings. The van der Waals surface area contributed by atoms with Gasteiger partial charge in [0.15, 0.2) is 0 Å². The summed E-state index contributed by atoms with van der Waals surface area (Å²) in [5.74, 6) is 0.765. The lowest BCUT2D eigenvalue weighted by molar-refractivity contribution is 0.0131. The van der Waals surface area contributed by atoms with E-state index in [-0.39, 0.29) is 23.2 Å². The average molecular weight is 655 g/mol. The van der Waals surface area contributed by atoms with Crippen molar-refractivity contribution in [1.82, 2.24) is 10.0 Å². The van der Waals surface area contributed by atoms with Gasteiger partial charge in [0.25, 0.3) is 5.91 Å². The Kier molecular flexibility index (Phi) is 9.19. The maximum Gasteiger partial charge on any atom is 0.326 e. The van der Waals surface area contributed by atoms with E-state index in [1.165, 1.54) is 18.2 Å². The van der Waals surface area contributed by atoms with Gasteiger partial charge in [-0.05, 0) is 97.7 Å². The van der Waals surface area contributed by atoms with E-state index in [0.717, 1.165) is 55.9 Å². The molecule has 0 radical (unpaired) electrons. The van der Waals surface area contributed by atoms with Crippen molar-refractivity contribution in [3.8, 4) is 5.75 Å². The van der Waals surface area contributed by atoms with Gasteiger partial charge in [-0.3, -0.25) is 9.52 Å². The number of nitrogens with one attached hydrogen (secondary N) is 2. The van der Waals surface area contributed by atoms with Crippen molar-refractivity contribution < 1.29 is 23.3 Å². The molecule has 11 heteroatoms. The van der Waals surface area contributed by atoms with Crippen molar-refractivity contribution in [3.05, 3.63) is 70.3 Å². The highest BCUT2D eigenvalue weighted by Crippen LogP contribution is 2.47. The molecule has 2 aliphatic heterocycles. The van der Waals surface area contributed by atoms with Crippen LogP contribution in [-0.4, -0.2) is 61.9 Å². The van der Waals surface area contributed by atoms with Crippen molar-refractivity contribution in [1.29, 1.82) is 0 Å². The number of benzene rings is 2. The molecule has 1 saturated carbocycles. The molecule has 2 bridgehead atoms. The van der Waals surface area contributed by atoms with E-state index in [2.05, 4.69) is 43.6 Å². The molecule has 1 fully saturated rings. The third kappa shape index (κ3) is 6.60. The van der Waals surface area contributed by atoms with Gasteiger partial charge in [0.2, 0.25) is 0 Å². The number of carbonyl (C=O) groups is 2. The Morgan fingerprint density at radius 3 is 2.82 bits per heavy atom. The first kappa shape index (κ1) is 31.9. The average Bonchev–Trinajstić information content (AvgIpc) is 3.14. The Hall–Kier alpha value is -3.08. The van der Waals surface area contributed by atoms with Crippen LogP contribution in [0, 0.1) is 17.8 Å². The van der Waals surface area contributed by atoms with E-state index in [4.69, 9.17) is 21.1 Å². The SMILES string of the molecule is CNC(=O)N[S@@]1(=O)=NC(=O)c2ccc3c(c2)N(C[C@@H]2CC[C@H]2[C@@H](OC)/C=C/C[C@H](C)C1)C[C@@]1(CCCc2cc(Cl)ccc21)CO3. The van der Waals surface area contributed by atoms with Crippen LogP contribution in [0.2, 0.25) is 5.02 Å². The second kappa shape index (κ2) is 13.0. The lowest BCUT2D eigenvalue weighted by Crippen LogP contribution is -2.49. The van der Waals surface area contributed by atoms with E-state index in [1.807, 2.05) is 25.1 Å². The normalized spacial score (nSPS) is 32.1. The fourth-order valence-electron chi connectivity index (χ4n) is 7.56. The van der Waals surface area contributed by atoms with Crippen LogP contribution in [0.4, 0.5) is 10.5 Å². The van der Waals surface area contributed by atoms with Gasteiger partial charge in [0.1, 0.15) is 15.7 Å². The predicted octanol–water partition coefficient (Wildman–Crippen LogP) is 5.90. The zero-order chi connectivity index (χ0) is 31.8. The number of fused-ring (bicyclic) bond motifs is 4. The van der Waals surface area contributed by atoms with E-state index in [0.29, 0.717) is 36.2 Å². The number of amides is 3. The molecule has 242 valence electrons. The van der Waals surface area contributed by atoms with Crippen molar-refractivity contribution in [2.24, 2.45) is 22.1 Å². The van der Waals surface area contributed by atoms with Crippen LogP contribution in [0.15, 0.2) is 52.9 Å². The molecule has 2 aliphatic carbocycles. The van der Waals surface area contributed by atoms with Crippen LogP contribution >= 0.6 is 11.6 Å². The lowest BCUT2D eigenvalue weighted by atomic mass is 9.68. The first-order chi connectivity index (χ1) is 21.6. The minimum absolute atomic E-state index is 0.0341. The predicted molar refractivity (Wildman–Crippen MR) is 178 cm³/mol. The molecule has 0 saturated heterocycles. The van der Waals surface area contributed by atoms with Gasteiger partial charge >= 0.3 is 6.03 Å². The van der Waals surface area contributed by atoms with Crippen LogP contribution in [0.25, 0.3) is 0 Å². The summed E-state index contributed by atoms with van der Waals surface area (Å²) >= 11 is 6.42. The quantitative estimate of drug-likeness (QED) is 0.390. The Labute approximate surface area is 271 Å². The molecule has 3 amide bonds. The van der Waals surface area contributed by atoms with E-state index >= 15 is 0 Å². The Bertz CT molecular complexity index is 1620. The standard InChI is InChI=1S/C34H43ClN4O5S/c1-22-6-4-8-30(43-3)27-12-9-25(27)18-39-20-34(15-5-7-23-16-26(35)11-13-28(23)34)21-44-31-14-10-24(17-29(31)39)32(40)37-45(42,19-22)38-33(41)36-2/h4,8,10-11,13-14,16-17,22,25,27,30H,5-7,9,12,15,18-21H2,1-3H3,(H2,36,37,38,40,41,42)/b8-4+/t22-,25-,27+,30-,34-,45-/m0/s1. The van der Waals surface area contributed by atoms with Gasteiger partial charge in [0, 0.05) is 43.2 Å². The number of methoxy groups -OCH3 is 1. The minimum atomic E-state index is -3.41. The number of rotatable bonds is 2. The maximum atomic E-state index is 14.0. The van der Waals surface area contributed by atoms with Crippen LogP contribution in [-0.2, 0) is 26.5 Å². The van der Waals surface area contributed by atoms with E-state index in [9.17, 15) is 13.8 Å². The van der Waals surface area contributed by atoms with E-state index in [1.54, 1.807) is 13.2 Å². The van der Waals surface area contributed by atoms with E-state index < -0.39 is 21.9 Å². The van der Waals surface area contributed by atoms with Crippen LogP contribution in [0.5, 0.6) is 5.75 Å².